The van der Waals surface area contributed by atoms with Crippen LogP contribution in [-0.4, -0.2) is 213 Å². The number of ether oxygens (including phenoxy) is 16. The zero-order valence-corrected chi connectivity index (χ0v) is 45.3. The fourth-order valence-corrected chi connectivity index (χ4v) is 14.2. The SMILES string of the molecule is CO[C@H]1C[C@H](O[C@H]2[C@@H](OC)C[C@H](O[C@H]3[C@@H](O)C[C@H](O[C@@H]4[C@@H](C)O[C@@H](O[C@H]5CC[C@@]6(C)C(=CC[C@H]7C(=O)O[C@@H]8CO[C@]9(C)OC=C(CC[C@@H]76)[C@H]89)C5)C[C@H]4OC)O[C@@H]3C)O[C@@H]2C)O[C@@H](C)[C@H]1O[C@@H]1O[C@H](CO)[C@@H](O)[C@H](O)[C@H]1O. The number of aliphatic hydroxyl groups is 5. The number of methoxy groups -OCH3 is 3. The topological polar surface area (TPSA) is 266 Å². The molecule has 76 heavy (non-hydrogen) atoms. The van der Waals surface area contributed by atoms with E-state index in [1.54, 1.807) is 21.1 Å². The monoisotopic (exact) mass is 1080 g/mol. The van der Waals surface area contributed by atoms with Crippen molar-refractivity contribution in [3.63, 3.8) is 0 Å². The van der Waals surface area contributed by atoms with E-state index in [9.17, 15) is 30.3 Å². The van der Waals surface area contributed by atoms with Gasteiger partial charge in [0, 0.05) is 53.9 Å². The number of hydrogen-bond donors (Lipinski definition) is 5. The second kappa shape index (κ2) is 23.5. The molecule has 8 heterocycles. The number of rotatable bonds is 14. The van der Waals surface area contributed by atoms with Gasteiger partial charge in [0.25, 0.3) is 0 Å². The molecule has 0 aromatic rings. The first-order valence-electron chi connectivity index (χ1n) is 27.7. The van der Waals surface area contributed by atoms with Crippen LogP contribution in [-0.2, 0) is 80.6 Å². The van der Waals surface area contributed by atoms with Gasteiger partial charge in [-0.25, -0.2) is 0 Å². The fourth-order valence-electron chi connectivity index (χ4n) is 14.2. The Balaban J connectivity index is 0.684. The van der Waals surface area contributed by atoms with Gasteiger partial charge in [-0.2, -0.15) is 0 Å². The lowest BCUT2D eigenvalue weighted by Crippen LogP contribution is -2.62. The minimum Gasteiger partial charge on any atom is -0.469 e. The van der Waals surface area contributed by atoms with Crippen LogP contribution in [0.5, 0.6) is 0 Å². The van der Waals surface area contributed by atoms with Gasteiger partial charge in [0.05, 0.1) is 86.2 Å². The summed E-state index contributed by atoms with van der Waals surface area (Å²) in [7, 11) is 4.74. The summed E-state index contributed by atoms with van der Waals surface area (Å²) in [5.41, 5.74) is 2.35. The first-order chi connectivity index (χ1) is 36.3. The standard InChI is InChI=1S/C54H84O22/c1-24-47(73-41-19-35(62-8)49(26(3)68-41)75-42-20-36(63-9)50(27(4)69-42)76-52-46(59)45(58)44(57)37(21-55)72-52)33(56)17-39(66-24)74-48-25(2)67-40(18-34(48)61-7)70-30-14-15-53(5)29(16-30)11-12-31-32(53)13-10-28-22-64-54(6)43(28)38(23-65-54)71-51(31)60/h11,22,24-27,30-50,52,55-59H,10,12-21,23H2,1-9H3/t24-,25-,26-,27+,30+,31-,32+,33+,34-,35+,36+,37-,38-,39+,40+,41+,42+,43-,44-,45+,46-,47-,48-,49-,50-,52+,53+,54+/m1/s1. The highest BCUT2D eigenvalue weighted by molar-refractivity contribution is 5.74. The normalized spacial score (nSPS) is 51.6. The average Bonchev–Trinajstić information content (AvgIpc) is 3.99. The van der Waals surface area contributed by atoms with Crippen LogP contribution in [0, 0.1) is 23.2 Å². The van der Waals surface area contributed by atoms with E-state index >= 15 is 0 Å². The van der Waals surface area contributed by atoms with Gasteiger partial charge in [0.2, 0.25) is 5.79 Å². The highest BCUT2D eigenvalue weighted by Crippen LogP contribution is 2.57. The number of allylic oxidation sites excluding steroid dienone is 1. The van der Waals surface area contributed by atoms with Crippen molar-refractivity contribution >= 4 is 5.97 Å². The minimum atomic E-state index is -1.60. The second-order valence-corrected chi connectivity index (χ2v) is 23.2. The molecule has 7 saturated heterocycles. The largest absolute Gasteiger partial charge is 0.469 e. The molecule has 10 rings (SSSR count). The highest BCUT2D eigenvalue weighted by atomic mass is 16.8. The van der Waals surface area contributed by atoms with Crippen LogP contribution >= 0.6 is 0 Å². The fraction of sp³-hybridized carbons (Fsp3) is 0.907. The molecule has 8 fully saturated rings. The van der Waals surface area contributed by atoms with Crippen molar-refractivity contribution in [2.45, 2.75) is 253 Å². The van der Waals surface area contributed by atoms with E-state index in [-0.39, 0.29) is 66.7 Å². The van der Waals surface area contributed by atoms with Crippen molar-refractivity contribution in [3.8, 4) is 0 Å². The minimum absolute atomic E-state index is 0.0666. The summed E-state index contributed by atoms with van der Waals surface area (Å²) in [5, 5.41) is 52.3. The van der Waals surface area contributed by atoms with Crippen molar-refractivity contribution < 1.29 is 106 Å². The number of hydrogen-bond acceptors (Lipinski definition) is 22. The summed E-state index contributed by atoms with van der Waals surface area (Å²) >= 11 is 0. The molecule has 0 spiro atoms. The molecule has 8 aliphatic heterocycles. The van der Waals surface area contributed by atoms with Gasteiger partial charge in [-0.05, 0) is 83.1 Å². The van der Waals surface area contributed by atoms with Gasteiger partial charge >= 0.3 is 5.97 Å². The Kier molecular flexibility index (Phi) is 17.7. The molecule has 1 saturated carbocycles. The van der Waals surface area contributed by atoms with Crippen LogP contribution in [0.3, 0.4) is 0 Å². The third kappa shape index (κ3) is 11.2. The van der Waals surface area contributed by atoms with E-state index in [1.807, 2.05) is 34.0 Å². The molecule has 28 atom stereocenters. The Morgan fingerprint density at radius 3 is 1.80 bits per heavy atom. The van der Waals surface area contributed by atoms with Gasteiger partial charge in [-0.3, -0.25) is 4.79 Å². The molecule has 10 aliphatic rings. The molecule has 0 radical (unpaired) electrons. The van der Waals surface area contributed by atoms with Crippen LogP contribution in [0.15, 0.2) is 23.5 Å². The van der Waals surface area contributed by atoms with Gasteiger partial charge in [-0.15, -0.1) is 0 Å². The third-order valence-corrected chi connectivity index (χ3v) is 18.5. The number of aliphatic hydroxyl groups excluding tert-OH is 5. The van der Waals surface area contributed by atoms with Crippen LogP contribution in [0.4, 0.5) is 0 Å². The Bertz CT molecular complexity index is 2030. The van der Waals surface area contributed by atoms with Crippen molar-refractivity contribution in [2.24, 2.45) is 23.2 Å². The zero-order chi connectivity index (χ0) is 54.0. The molecule has 5 N–H and O–H groups in total. The summed E-state index contributed by atoms with van der Waals surface area (Å²) in [5.74, 6) is -1.05. The molecule has 0 aromatic heterocycles. The quantitative estimate of drug-likeness (QED) is 0.124. The van der Waals surface area contributed by atoms with E-state index in [1.165, 1.54) is 18.3 Å². The molecule has 0 bridgehead atoms. The number of fused-ring (bicyclic) bond motifs is 3. The van der Waals surface area contributed by atoms with Gasteiger partial charge in [-0.1, -0.05) is 18.6 Å². The smallest absolute Gasteiger partial charge is 0.309 e. The van der Waals surface area contributed by atoms with Crippen LogP contribution < -0.4 is 0 Å². The second-order valence-electron chi connectivity index (χ2n) is 23.2. The average molecular weight is 1090 g/mol. The highest BCUT2D eigenvalue weighted by Gasteiger charge is 2.59. The molecule has 0 aromatic carbocycles. The third-order valence-electron chi connectivity index (χ3n) is 18.5. The Labute approximate surface area is 445 Å². The molecule has 0 unspecified atom stereocenters. The Morgan fingerprint density at radius 2 is 1.22 bits per heavy atom. The van der Waals surface area contributed by atoms with Crippen molar-refractivity contribution in [1.82, 2.24) is 0 Å². The summed E-state index contributed by atoms with van der Waals surface area (Å²) < 4.78 is 99.3. The van der Waals surface area contributed by atoms with Crippen LogP contribution in [0.25, 0.3) is 0 Å². The molecular formula is C54H84O22. The number of esters is 1. The zero-order valence-electron chi connectivity index (χ0n) is 45.3. The van der Waals surface area contributed by atoms with E-state index in [0.29, 0.717) is 19.4 Å². The lowest BCUT2D eigenvalue weighted by atomic mass is 9.55. The van der Waals surface area contributed by atoms with E-state index in [4.69, 9.17) is 75.8 Å². The predicted octanol–water partition coefficient (Wildman–Crippen LogP) is 2.39. The van der Waals surface area contributed by atoms with E-state index < -0.39 is 135 Å². The van der Waals surface area contributed by atoms with E-state index in [0.717, 1.165) is 32.1 Å². The predicted molar refractivity (Wildman–Crippen MR) is 260 cm³/mol. The maximum atomic E-state index is 13.8. The maximum absolute atomic E-state index is 13.8. The lowest BCUT2D eigenvalue weighted by Gasteiger charge is -2.51. The number of carbonyl (C=O) groups is 1. The molecule has 0 amide bonds. The van der Waals surface area contributed by atoms with Gasteiger partial charge in [0.1, 0.15) is 54.9 Å². The first-order valence-corrected chi connectivity index (χ1v) is 27.7. The van der Waals surface area contributed by atoms with Gasteiger partial charge < -0.3 is 101 Å². The summed E-state index contributed by atoms with van der Waals surface area (Å²) in [6.07, 6.45) is -7.66. The molecular weight excluding hydrogens is 1000 g/mol. The van der Waals surface area contributed by atoms with Crippen LogP contribution in [0.2, 0.25) is 0 Å². The van der Waals surface area contributed by atoms with Crippen molar-refractivity contribution in [2.75, 3.05) is 34.5 Å². The van der Waals surface area contributed by atoms with Crippen LogP contribution in [0.1, 0.15) is 106 Å². The van der Waals surface area contributed by atoms with Crippen molar-refractivity contribution in [3.05, 3.63) is 23.5 Å². The number of carbonyl (C=O) groups excluding carboxylic acids is 1. The Hall–Kier alpha value is -2.01. The summed E-state index contributed by atoms with van der Waals surface area (Å²) in [6.45, 7) is 11.4. The molecule has 22 heteroatoms. The summed E-state index contributed by atoms with van der Waals surface area (Å²) in [4.78, 5) is 13.8. The van der Waals surface area contributed by atoms with Crippen molar-refractivity contribution in [1.29, 1.82) is 0 Å². The Morgan fingerprint density at radius 1 is 0.671 bits per heavy atom. The molecule has 432 valence electrons. The van der Waals surface area contributed by atoms with E-state index in [2.05, 4.69) is 13.0 Å². The maximum Gasteiger partial charge on any atom is 0.309 e. The molecule has 2 aliphatic carbocycles. The first kappa shape index (κ1) is 57.2. The molecule has 22 nitrogen and oxygen atoms in total. The van der Waals surface area contributed by atoms with Gasteiger partial charge in [0.15, 0.2) is 31.5 Å². The lowest BCUT2D eigenvalue weighted by molar-refractivity contribution is -0.358. The summed E-state index contributed by atoms with van der Waals surface area (Å²) in [6, 6.07) is 0.